The molecule has 4 nitrogen and oxygen atoms in total. The summed E-state index contributed by atoms with van der Waals surface area (Å²) in [6.07, 6.45) is 3.26. The van der Waals surface area contributed by atoms with Crippen molar-refractivity contribution in [1.82, 2.24) is 9.97 Å². The molecule has 1 N–H and O–H groups in total. The molecular weight excluding hydrogens is 238 g/mol. The number of nitrogens with zero attached hydrogens (tertiary/aromatic N) is 3. The van der Waals surface area contributed by atoms with Crippen LogP contribution in [0.5, 0.6) is 0 Å². The summed E-state index contributed by atoms with van der Waals surface area (Å²) in [4.78, 5) is 11.6. The molecule has 1 fully saturated rings. The lowest BCUT2D eigenvalue weighted by Gasteiger charge is -2.33. The van der Waals surface area contributed by atoms with Crippen molar-refractivity contribution in [1.29, 1.82) is 0 Å². The van der Waals surface area contributed by atoms with Gasteiger partial charge in [0.2, 0.25) is 5.95 Å². The molecule has 1 unspecified atom stereocenters. The zero-order valence-electron chi connectivity index (χ0n) is 12.3. The molecule has 0 amide bonds. The fourth-order valence-corrected chi connectivity index (χ4v) is 2.68. The molecule has 2 rings (SSSR count). The Morgan fingerprint density at radius 3 is 2.89 bits per heavy atom. The Morgan fingerprint density at radius 2 is 2.21 bits per heavy atom. The molecule has 1 saturated heterocycles. The maximum absolute atomic E-state index is 9.09. The molecule has 1 atom stereocenters. The second-order valence-corrected chi connectivity index (χ2v) is 5.86. The zero-order chi connectivity index (χ0) is 13.8. The standard InChI is InChI=1S/C15H25N3O/c1-11(2)14-9-12(3)16-15(17-14)18-7-4-5-13(10-18)6-8-19/h9,11,13,19H,4-8,10H2,1-3H3. The van der Waals surface area contributed by atoms with Crippen LogP contribution in [-0.2, 0) is 0 Å². The highest BCUT2D eigenvalue weighted by Gasteiger charge is 2.22. The topological polar surface area (TPSA) is 49.2 Å². The lowest BCUT2D eigenvalue weighted by atomic mass is 9.95. The number of aryl methyl sites for hydroxylation is 1. The van der Waals surface area contributed by atoms with Crippen LogP contribution in [0.4, 0.5) is 5.95 Å². The van der Waals surface area contributed by atoms with Gasteiger partial charge in [0.05, 0.1) is 0 Å². The molecule has 106 valence electrons. The van der Waals surface area contributed by atoms with Crippen LogP contribution in [-0.4, -0.2) is 34.8 Å². The third-order valence-electron chi connectivity index (χ3n) is 3.79. The van der Waals surface area contributed by atoms with E-state index < -0.39 is 0 Å². The van der Waals surface area contributed by atoms with Crippen LogP contribution in [0.25, 0.3) is 0 Å². The minimum absolute atomic E-state index is 0.282. The van der Waals surface area contributed by atoms with Crippen molar-refractivity contribution in [3.63, 3.8) is 0 Å². The van der Waals surface area contributed by atoms with Crippen LogP contribution in [0.1, 0.15) is 50.4 Å². The van der Waals surface area contributed by atoms with Crippen molar-refractivity contribution < 1.29 is 5.11 Å². The smallest absolute Gasteiger partial charge is 0.225 e. The van der Waals surface area contributed by atoms with Crippen LogP contribution < -0.4 is 4.90 Å². The van der Waals surface area contributed by atoms with Crippen LogP contribution >= 0.6 is 0 Å². The largest absolute Gasteiger partial charge is 0.396 e. The second-order valence-electron chi connectivity index (χ2n) is 5.86. The zero-order valence-corrected chi connectivity index (χ0v) is 12.3. The first-order valence-corrected chi connectivity index (χ1v) is 7.31. The van der Waals surface area contributed by atoms with Gasteiger partial charge in [-0.05, 0) is 44.1 Å². The monoisotopic (exact) mass is 263 g/mol. The van der Waals surface area contributed by atoms with Crippen molar-refractivity contribution in [2.24, 2.45) is 5.92 Å². The van der Waals surface area contributed by atoms with E-state index in [1.165, 1.54) is 12.8 Å². The Balaban J connectivity index is 2.16. The Bertz CT molecular complexity index is 418. The minimum Gasteiger partial charge on any atom is -0.396 e. The summed E-state index contributed by atoms with van der Waals surface area (Å²) in [5, 5.41) is 9.09. The average Bonchev–Trinajstić information content (AvgIpc) is 2.38. The molecule has 0 aliphatic carbocycles. The van der Waals surface area contributed by atoms with Gasteiger partial charge in [0.15, 0.2) is 0 Å². The minimum atomic E-state index is 0.282. The summed E-state index contributed by atoms with van der Waals surface area (Å²) in [6, 6.07) is 2.07. The lowest BCUT2D eigenvalue weighted by molar-refractivity contribution is 0.244. The lowest BCUT2D eigenvalue weighted by Crippen LogP contribution is -2.37. The number of piperidine rings is 1. The Hall–Kier alpha value is -1.16. The van der Waals surface area contributed by atoms with Gasteiger partial charge in [-0.1, -0.05) is 13.8 Å². The fourth-order valence-electron chi connectivity index (χ4n) is 2.68. The van der Waals surface area contributed by atoms with E-state index in [0.717, 1.165) is 36.8 Å². The summed E-state index contributed by atoms with van der Waals surface area (Å²) >= 11 is 0. The molecule has 1 aromatic heterocycles. The molecule has 1 aromatic rings. The van der Waals surface area contributed by atoms with Gasteiger partial charge in [0.1, 0.15) is 0 Å². The van der Waals surface area contributed by atoms with E-state index in [9.17, 15) is 0 Å². The number of aliphatic hydroxyl groups is 1. The summed E-state index contributed by atoms with van der Waals surface area (Å²) in [6.45, 7) is 8.65. The SMILES string of the molecule is Cc1cc(C(C)C)nc(N2CCCC(CCO)C2)n1. The number of hydrogen-bond donors (Lipinski definition) is 1. The Kier molecular flexibility index (Phi) is 4.75. The van der Waals surface area contributed by atoms with E-state index in [4.69, 9.17) is 10.1 Å². The summed E-state index contributed by atoms with van der Waals surface area (Å²) in [5.41, 5.74) is 2.16. The molecule has 0 spiro atoms. The molecule has 1 aliphatic heterocycles. The molecule has 4 heteroatoms. The van der Waals surface area contributed by atoms with Gasteiger partial charge in [0.25, 0.3) is 0 Å². The quantitative estimate of drug-likeness (QED) is 0.907. The van der Waals surface area contributed by atoms with E-state index in [0.29, 0.717) is 11.8 Å². The van der Waals surface area contributed by atoms with Gasteiger partial charge in [-0.2, -0.15) is 0 Å². The van der Waals surface area contributed by atoms with Gasteiger partial charge in [0, 0.05) is 31.1 Å². The molecule has 0 saturated carbocycles. The van der Waals surface area contributed by atoms with Crippen LogP contribution in [0.3, 0.4) is 0 Å². The van der Waals surface area contributed by atoms with Gasteiger partial charge in [-0.15, -0.1) is 0 Å². The van der Waals surface area contributed by atoms with Crippen LogP contribution in [0.2, 0.25) is 0 Å². The number of anilines is 1. The second kappa shape index (κ2) is 6.33. The molecular formula is C15H25N3O. The first-order chi connectivity index (χ1) is 9.10. The maximum atomic E-state index is 9.09. The van der Waals surface area contributed by atoms with Crippen molar-refractivity contribution in [2.75, 3.05) is 24.6 Å². The number of aromatic nitrogens is 2. The van der Waals surface area contributed by atoms with E-state index >= 15 is 0 Å². The molecule has 0 radical (unpaired) electrons. The summed E-state index contributed by atoms with van der Waals surface area (Å²) in [5.74, 6) is 1.87. The predicted molar refractivity (Wildman–Crippen MR) is 77.5 cm³/mol. The van der Waals surface area contributed by atoms with E-state index in [1.807, 2.05) is 6.92 Å². The van der Waals surface area contributed by atoms with Crippen LogP contribution in [0, 0.1) is 12.8 Å². The number of aliphatic hydroxyl groups excluding tert-OH is 1. The van der Waals surface area contributed by atoms with Crippen molar-refractivity contribution in [3.8, 4) is 0 Å². The first kappa shape index (κ1) is 14.3. The van der Waals surface area contributed by atoms with E-state index in [-0.39, 0.29) is 6.61 Å². The van der Waals surface area contributed by atoms with Crippen LogP contribution in [0.15, 0.2) is 6.07 Å². The Morgan fingerprint density at radius 1 is 1.42 bits per heavy atom. The van der Waals surface area contributed by atoms with Gasteiger partial charge in [-0.25, -0.2) is 9.97 Å². The van der Waals surface area contributed by atoms with Gasteiger partial charge in [-0.3, -0.25) is 0 Å². The third-order valence-corrected chi connectivity index (χ3v) is 3.79. The molecule has 2 heterocycles. The Labute approximate surface area is 115 Å². The highest BCUT2D eigenvalue weighted by Crippen LogP contribution is 2.24. The predicted octanol–water partition coefficient (Wildman–Crippen LogP) is 2.51. The third kappa shape index (κ3) is 3.66. The van der Waals surface area contributed by atoms with Gasteiger partial charge >= 0.3 is 0 Å². The highest BCUT2D eigenvalue weighted by atomic mass is 16.3. The highest BCUT2D eigenvalue weighted by molar-refractivity contribution is 5.33. The first-order valence-electron chi connectivity index (χ1n) is 7.31. The van der Waals surface area contributed by atoms with E-state index in [1.54, 1.807) is 0 Å². The number of rotatable bonds is 4. The van der Waals surface area contributed by atoms with Gasteiger partial charge < -0.3 is 10.0 Å². The fraction of sp³-hybridized carbons (Fsp3) is 0.733. The summed E-state index contributed by atoms with van der Waals surface area (Å²) < 4.78 is 0. The van der Waals surface area contributed by atoms with Crippen molar-refractivity contribution in [3.05, 3.63) is 17.5 Å². The normalized spacial score (nSPS) is 20.1. The summed E-state index contributed by atoms with van der Waals surface area (Å²) in [7, 11) is 0. The molecule has 19 heavy (non-hydrogen) atoms. The number of hydrogen-bond acceptors (Lipinski definition) is 4. The molecule has 1 aliphatic rings. The van der Waals surface area contributed by atoms with Crippen molar-refractivity contribution in [2.45, 2.75) is 46.0 Å². The average molecular weight is 263 g/mol. The molecule has 0 bridgehead atoms. The molecule has 0 aromatic carbocycles. The maximum Gasteiger partial charge on any atom is 0.225 e. The van der Waals surface area contributed by atoms with E-state index in [2.05, 4.69) is 29.8 Å². The van der Waals surface area contributed by atoms with Crippen molar-refractivity contribution >= 4 is 5.95 Å².